The van der Waals surface area contributed by atoms with Crippen molar-refractivity contribution >= 4 is 0 Å². The van der Waals surface area contributed by atoms with Crippen molar-refractivity contribution in [1.82, 2.24) is 0 Å². The van der Waals surface area contributed by atoms with E-state index in [1.165, 1.54) is 44.5 Å². The van der Waals surface area contributed by atoms with Crippen LogP contribution in [0.25, 0.3) is 22.3 Å². The summed E-state index contributed by atoms with van der Waals surface area (Å²) in [6, 6.07) is 34.6. The average Bonchev–Trinajstić information content (AvgIpc) is 3.27. The number of hydrogen-bond donors (Lipinski definition) is 0. The first-order valence-electron chi connectivity index (χ1n) is 9.22. The molecule has 0 bridgehead atoms. The Hall–Kier alpha value is -2.63. The van der Waals surface area contributed by atoms with Crippen LogP contribution in [-0.2, 0) is 29.3 Å². The topological polar surface area (TPSA) is 0 Å². The third kappa shape index (κ3) is 3.24. The van der Waals surface area contributed by atoms with Crippen LogP contribution in [0.3, 0.4) is 0 Å². The van der Waals surface area contributed by atoms with Crippen LogP contribution in [0.2, 0.25) is 0 Å². The Morgan fingerprint density at radius 2 is 0.556 bits per heavy atom. The van der Waals surface area contributed by atoms with Gasteiger partial charge in [-0.3, -0.25) is 0 Å². The van der Waals surface area contributed by atoms with E-state index >= 15 is 0 Å². The Balaban J connectivity index is 0.000000129. The van der Waals surface area contributed by atoms with Crippen molar-refractivity contribution in [3.63, 3.8) is 0 Å². The van der Waals surface area contributed by atoms with E-state index in [4.69, 9.17) is 0 Å². The van der Waals surface area contributed by atoms with Crippen LogP contribution < -0.4 is 0 Å². The molecule has 2 aliphatic carbocycles. The fraction of sp³-hybridized carbons (Fsp3) is 0.0769. The van der Waals surface area contributed by atoms with Crippen molar-refractivity contribution < 1.29 is 16.5 Å². The maximum absolute atomic E-state index is 2.22. The van der Waals surface area contributed by atoms with E-state index in [0.717, 1.165) is 12.8 Å². The molecule has 4 aromatic rings. The second-order valence-corrected chi connectivity index (χ2v) is 6.98. The third-order valence-corrected chi connectivity index (χ3v) is 5.41. The summed E-state index contributed by atoms with van der Waals surface area (Å²) in [5.41, 5.74) is 11.5. The van der Waals surface area contributed by atoms with E-state index in [1.54, 1.807) is 0 Å². The van der Waals surface area contributed by atoms with Crippen molar-refractivity contribution in [2.45, 2.75) is 12.8 Å². The monoisotopic (exact) mass is 390 g/mol. The average molecular weight is 391 g/mol. The Labute approximate surface area is 170 Å². The molecule has 6 rings (SSSR count). The summed E-state index contributed by atoms with van der Waals surface area (Å²) in [6.45, 7) is 0. The molecule has 2 aliphatic rings. The summed E-state index contributed by atoms with van der Waals surface area (Å²) in [5, 5.41) is 0. The fourth-order valence-corrected chi connectivity index (χ4v) is 4.16. The predicted octanol–water partition coefficient (Wildman–Crippen LogP) is 6.51. The maximum Gasteiger partial charge on any atom is 0 e. The molecule has 0 spiro atoms. The molecule has 0 aromatic heterocycles. The van der Waals surface area contributed by atoms with Crippen LogP contribution in [0.4, 0.5) is 0 Å². The molecule has 0 heterocycles. The molecule has 0 atom stereocenters. The standard InChI is InChI=1S/2C13H10.Ni/c2*1-3-7-12-10(5-1)9-11-6-2-4-8-13(11)12;/h2*1-8H,9H2;. The predicted molar refractivity (Wildman–Crippen MR) is 109 cm³/mol. The van der Waals surface area contributed by atoms with Crippen molar-refractivity contribution in [2.75, 3.05) is 0 Å². The summed E-state index contributed by atoms with van der Waals surface area (Å²) in [6.07, 6.45) is 2.21. The Morgan fingerprint density at radius 3 is 0.815 bits per heavy atom. The van der Waals surface area contributed by atoms with Gasteiger partial charge < -0.3 is 0 Å². The molecule has 0 amide bonds. The summed E-state index contributed by atoms with van der Waals surface area (Å²) < 4.78 is 0. The zero-order valence-electron chi connectivity index (χ0n) is 15.0. The first-order valence-corrected chi connectivity index (χ1v) is 9.22. The van der Waals surface area contributed by atoms with Gasteiger partial charge in [0.15, 0.2) is 0 Å². The Morgan fingerprint density at radius 1 is 0.333 bits per heavy atom. The molecule has 0 saturated carbocycles. The summed E-state index contributed by atoms with van der Waals surface area (Å²) in [4.78, 5) is 0. The maximum atomic E-state index is 2.22. The van der Waals surface area contributed by atoms with Gasteiger partial charge in [0.25, 0.3) is 0 Å². The van der Waals surface area contributed by atoms with E-state index < -0.39 is 0 Å². The normalized spacial score (nSPS) is 11.9. The SMILES string of the molecule is [Ni].c1ccc2c(c1)Cc1ccccc1-2.c1ccc2c(c1)Cc1ccccc1-2. The van der Waals surface area contributed by atoms with Crippen molar-refractivity contribution in [2.24, 2.45) is 0 Å². The summed E-state index contributed by atoms with van der Waals surface area (Å²) in [5.74, 6) is 0. The molecule has 0 radical (unpaired) electrons. The van der Waals surface area contributed by atoms with Gasteiger partial charge in [-0.15, -0.1) is 0 Å². The molecule has 0 N–H and O–H groups in total. The molecule has 27 heavy (non-hydrogen) atoms. The molecule has 4 aromatic carbocycles. The third-order valence-electron chi connectivity index (χ3n) is 5.41. The van der Waals surface area contributed by atoms with Gasteiger partial charge >= 0.3 is 0 Å². The van der Waals surface area contributed by atoms with Gasteiger partial charge in [-0.05, 0) is 57.3 Å². The van der Waals surface area contributed by atoms with Gasteiger partial charge in [0, 0.05) is 16.5 Å². The number of rotatable bonds is 0. The molecule has 0 nitrogen and oxygen atoms in total. The van der Waals surface area contributed by atoms with Crippen LogP contribution >= 0.6 is 0 Å². The Bertz CT molecular complexity index is 918. The zero-order chi connectivity index (χ0) is 17.3. The van der Waals surface area contributed by atoms with Crippen LogP contribution in [0.15, 0.2) is 97.1 Å². The van der Waals surface area contributed by atoms with Gasteiger partial charge in [-0.1, -0.05) is 97.1 Å². The first kappa shape index (κ1) is 17.8. The molecule has 1 heteroatoms. The molecule has 0 unspecified atom stereocenters. The molecule has 134 valence electrons. The van der Waals surface area contributed by atoms with Crippen LogP contribution in [-0.4, -0.2) is 0 Å². The fourth-order valence-electron chi connectivity index (χ4n) is 4.16. The van der Waals surface area contributed by atoms with Gasteiger partial charge in [0.2, 0.25) is 0 Å². The minimum Gasteiger partial charge on any atom is -0.0619 e. The van der Waals surface area contributed by atoms with Crippen LogP contribution in [0, 0.1) is 0 Å². The second-order valence-electron chi connectivity index (χ2n) is 6.98. The van der Waals surface area contributed by atoms with Gasteiger partial charge in [0.1, 0.15) is 0 Å². The van der Waals surface area contributed by atoms with Gasteiger partial charge in [-0.25, -0.2) is 0 Å². The van der Waals surface area contributed by atoms with Gasteiger partial charge in [0.05, 0.1) is 0 Å². The smallest absolute Gasteiger partial charge is 0 e. The van der Waals surface area contributed by atoms with E-state index in [1.807, 2.05) is 0 Å². The molecule has 0 saturated heterocycles. The first-order chi connectivity index (χ1) is 12.9. The quantitative estimate of drug-likeness (QED) is 0.259. The second kappa shape index (κ2) is 7.55. The summed E-state index contributed by atoms with van der Waals surface area (Å²) >= 11 is 0. The van der Waals surface area contributed by atoms with E-state index in [-0.39, 0.29) is 16.5 Å². The van der Waals surface area contributed by atoms with Crippen LogP contribution in [0.5, 0.6) is 0 Å². The van der Waals surface area contributed by atoms with Crippen molar-refractivity contribution in [1.29, 1.82) is 0 Å². The van der Waals surface area contributed by atoms with E-state index in [2.05, 4.69) is 97.1 Å². The Kier molecular flexibility index (Phi) is 4.97. The molecule has 0 aliphatic heterocycles. The number of fused-ring (bicyclic) bond motifs is 6. The number of benzene rings is 4. The zero-order valence-corrected chi connectivity index (χ0v) is 16.0. The van der Waals surface area contributed by atoms with Crippen molar-refractivity contribution in [3.8, 4) is 22.3 Å². The minimum atomic E-state index is 0. The minimum absolute atomic E-state index is 0. The number of hydrogen-bond acceptors (Lipinski definition) is 0. The largest absolute Gasteiger partial charge is 0.0619 e. The summed E-state index contributed by atoms with van der Waals surface area (Å²) in [7, 11) is 0. The molecule has 0 fully saturated rings. The van der Waals surface area contributed by atoms with E-state index in [0.29, 0.717) is 0 Å². The molecular weight excluding hydrogens is 371 g/mol. The van der Waals surface area contributed by atoms with Crippen LogP contribution in [0.1, 0.15) is 22.3 Å². The van der Waals surface area contributed by atoms with Gasteiger partial charge in [-0.2, -0.15) is 0 Å². The van der Waals surface area contributed by atoms with E-state index in [9.17, 15) is 0 Å². The van der Waals surface area contributed by atoms with Crippen molar-refractivity contribution in [3.05, 3.63) is 119 Å². The molecular formula is C26H20Ni.